The number of nitrogens with zero attached hydrogens (tertiary/aromatic N) is 4. The van der Waals surface area contributed by atoms with E-state index in [2.05, 4.69) is 26.5 Å². The largest absolute Gasteiger partial charge is 0.288 e. The van der Waals surface area contributed by atoms with Crippen LogP contribution in [0.4, 0.5) is 11.4 Å². The number of halogens is 1. The first-order chi connectivity index (χ1) is 8.51. The normalized spacial score (nSPS) is 8.89. The zero-order valence-corrected chi connectivity index (χ0v) is 10.7. The number of nitro benzene ring substituents is 1. The summed E-state index contributed by atoms with van der Waals surface area (Å²) in [6.07, 6.45) is 0. The Hall–Kier alpha value is -2.45. The third-order valence-electron chi connectivity index (χ3n) is 2.06. The van der Waals surface area contributed by atoms with E-state index in [0.29, 0.717) is 15.7 Å². The molecule has 90 valence electrons. The molecule has 0 saturated carbocycles. The van der Waals surface area contributed by atoms with Crippen molar-refractivity contribution in [2.75, 3.05) is 5.43 Å². The second-order valence-corrected chi connectivity index (χ2v) is 3.98. The van der Waals surface area contributed by atoms with Crippen LogP contribution in [0, 0.1) is 39.7 Å². The summed E-state index contributed by atoms with van der Waals surface area (Å²) in [6.45, 7) is 1.54. The summed E-state index contributed by atoms with van der Waals surface area (Å²) in [4.78, 5) is 10.3. The number of hydrazone groups is 1. The number of hydrogen-bond donors (Lipinski definition) is 1. The van der Waals surface area contributed by atoms with Crippen LogP contribution in [0.25, 0.3) is 0 Å². The molecule has 0 unspecified atom stereocenters. The van der Waals surface area contributed by atoms with Crippen molar-refractivity contribution in [2.24, 2.45) is 5.10 Å². The molecule has 0 aliphatic heterocycles. The molecule has 18 heavy (non-hydrogen) atoms. The smallest absolute Gasteiger partial charge is 0.276 e. The van der Waals surface area contributed by atoms with Gasteiger partial charge in [0.2, 0.25) is 5.71 Å². The van der Waals surface area contributed by atoms with Gasteiger partial charge in [0.1, 0.15) is 12.1 Å². The Morgan fingerprint density at radius 2 is 2.11 bits per heavy atom. The molecule has 0 bridgehead atoms. The first kappa shape index (κ1) is 13.6. The summed E-state index contributed by atoms with van der Waals surface area (Å²) in [5, 5.41) is 31.4. The lowest BCUT2D eigenvalue weighted by molar-refractivity contribution is -0.386. The molecule has 0 spiro atoms. The van der Waals surface area contributed by atoms with Crippen molar-refractivity contribution in [3.05, 3.63) is 32.3 Å². The Morgan fingerprint density at radius 3 is 2.61 bits per heavy atom. The lowest BCUT2D eigenvalue weighted by atomic mass is 10.1. The number of rotatable bonds is 3. The highest BCUT2D eigenvalue weighted by Crippen LogP contribution is 2.33. The number of anilines is 1. The minimum Gasteiger partial charge on any atom is -0.276 e. The first-order valence-corrected chi connectivity index (χ1v) is 5.38. The van der Waals surface area contributed by atoms with Crippen LogP contribution in [0.2, 0.25) is 0 Å². The van der Waals surface area contributed by atoms with E-state index in [9.17, 15) is 10.1 Å². The van der Waals surface area contributed by atoms with Crippen molar-refractivity contribution in [3.63, 3.8) is 0 Å². The quantitative estimate of drug-likeness (QED) is 0.523. The summed E-state index contributed by atoms with van der Waals surface area (Å²) in [5.41, 5.74) is 2.71. The zero-order valence-electron chi connectivity index (χ0n) is 9.14. The topological polar surface area (TPSA) is 115 Å². The molecule has 0 saturated heterocycles. The fourth-order valence-electron chi connectivity index (χ4n) is 1.20. The molecule has 1 rings (SSSR count). The van der Waals surface area contributed by atoms with Crippen LogP contribution >= 0.6 is 15.9 Å². The maximum Gasteiger partial charge on any atom is 0.288 e. The Kier molecular flexibility index (Phi) is 4.35. The van der Waals surface area contributed by atoms with Crippen LogP contribution < -0.4 is 5.43 Å². The number of benzene rings is 1. The Bertz CT molecular complexity index is 596. The van der Waals surface area contributed by atoms with Crippen molar-refractivity contribution in [1.29, 1.82) is 10.5 Å². The van der Waals surface area contributed by atoms with Gasteiger partial charge in [0.25, 0.3) is 5.69 Å². The summed E-state index contributed by atoms with van der Waals surface area (Å²) in [5.74, 6) is 0. The minimum atomic E-state index is -0.524. The predicted octanol–water partition coefficient (Wildman–Crippen LogP) is 2.48. The average Bonchev–Trinajstić information content (AvgIpc) is 2.32. The van der Waals surface area contributed by atoms with E-state index in [1.54, 1.807) is 25.1 Å². The van der Waals surface area contributed by atoms with Crippen molar-refractivity contribution < 1.29 is 4.92 Å². The zero-order chi connectivity index (χ0) is 13.7. The van der Waals surface area contributed by atoms with Gasteiger partial charge in [-0.3, -0.25) is 15.5 Å². The Labute approximate surface area is 111 Å². The maximum atomic E-state index is 10.9. The van der Waals surface area contributed by atoms with E-state index in [4.69, 9.17) is 10.5 Å². The molecule has 0 fully saturated rings. The second kappa shape index (κ2) is 5.75. The third kappa shape index (κ3) is 2.81. The van der Waals surface area contributed by atoms with Gasteiger partial charge in [-0.2, -0.15) is 15.6 Å². The first-order valence-electron chi connectivity index (χ1n) is 4.58. The van der Waals surface area contributed by atoms with Crippen LogP contribution in [0.15, 0.2) is 21.7 Å². The number of nitrogens with one attached hydrogen (secondary N) is 1. The standard InChI is InChI=1S/C10H6BrN5O2/c1-6-9(15-14-7(4-12)5-13)3-2-8(11)10(6)16(17)18/h2-3,15H,1H3. The molecular formula is C10H6BrN5O2. The summed E-state index contributed by atoms with van der Waals surface area (Å²) < 4.78 is 0.348. The molecule has 8 heteroatoms. The van der Waals surface area contributed by atoms with Gasteiger partial charge in [-0.15, -0.1) is 0 Å². The van der Waals surface area contributed by atoms with Gasteiger partial charge in [0.15, 0.2) is 0 Å². The van der Waals surface area contributed by atoms with Crippen LogP contribution in [-0.4, -0.2) is 10.6 Å². The van der Waals surface area contributed by atoms with Crippen LogP contribution in [-0.2, 0) is 0 Å². The molecule has 1 aromatic carbocycles. The van der Waals surface area contributed by atoms with Gasteiger partial charge in [0, 0.05) is 0 Å². The molecule has 0 radical (unpaired) electrons. The lowest BCUT2D eigenvalue weighted by Crippen LogP contribution is -2.00. The minimum absolute atomic E-state index is 0.0920. The van der Waals surface area contributed by atoms with Crippen molar-refractivity contribution >= 4 is 33.0 Å². The van der Waals surface area contributed by atoms with Gasteiger partial charge in [-0.05, 0) is 35.0 Å². The van der Waals surface area contributed by atoms with Crippen molar-refractivity contribution in [3.8, 4) is 12.1 Å². The van der Waals surface area contributed by atoms with Crippen molar-refractivity contribution in [1.82, 2.24) is 0 Å². The summed E-state index contributed by atoms with van der Waals surface area (Å²) in [6, 6.07) is 6.19. The summed E-state index contributed by atoms with van der Waals surface area (Å²) >= 11 is 3.08. The fraction of sp³-hybridized carbons (Fsp3) is 0.100. The molecule has 0 heterocycles. The highest BCUT2D eigenvalue weighted by Gasteiger charge is 2.18. The molecule has 0 atom stereocenters. The number of nitro groups is 1. The molecule has 1 N–H and O–H groups in total. The molecule has 0 aromatic heterocycles. The SMILES string of the molecule is Cc1c(NN=C(C#N)C#N)ccc(Br)c1[N+](=O)[O-]. The summed E-state index contributed by atoms with van der Waals surface area (Å²) in [7, 11) is 0. The van der Waals surface area contributed by atoms with Gasteiger partial charge in [0.05, 0.1) is 20.6 Å². The number of nitriles is 2. The Balaban J connectivity index is 3.19. The molecule has 7 nitrogen and oxygen atoms in total. The van der Waals surface area contributed by atoms with E-state index in [0.717, 1.165) is 0 Å². The van der Waals surface area contributed by atoms with E-state index >= 15 is 0 Å². The predicted molar refractivity (Wildman–Crippen MR) is 67.8 cm³/mol. The van der Waals surface area contributed by atoms with Gasteiger partial charge in [-0.1, -0.05) is 0 Å². The van der Waals surface area contributed by atoms with E-state index in [1.165, 1.54) is 6.07 Å². The van der Waals surface area contributed by atoms with Gasteiger partial charge < -0.3 is 0 Å². The Morgan fingerprint density at radius 1 is 1.50 bits per heavy atom. The van der Waals surface area contributed by atoms with Gasteiger partial charge in [-0.25, -0.2) is 0 Å². The molecule has 0 amide bonds. The average molecular weight is 308 g/mol. The molecule has 0 aliphatic carbocycles. The monoisotopic (exact) mass is 307 g/mol. The van der Waals surface area contributed by atoms with Crippen LogP contribution in [0.1, 0.15) is 5.56 Å². The highest BCUT2D eigenvalue weighted by atomic mass is 79.9. The third-order valence-corrected chi connectivity index (χ3v) is 2.70. The number of hydrogen-bond acceptors (Lipinski definition) is 6. The molecule has 0 aliphatic rings. The maximum absolute atomic E-state index is 10.9. The van der Waals surface area contributed by atoms with Crippen LogP contribution in [0.3, 0.4) is 0 Å². The van der Waals surface area contributed by atoms with Crippen molar-refractivity contribution in [2.45, 2.75) is 6.92 Å². The van der Waals surface area contributed by atoms with E-state index in [1.807, 2.05) is 0 Å². The van der Waals surface area contributed by atoms with Crippen LogP contribution in [0.5, 0.6) is 0 Å². The molecule has 1 aromatic rings. The van der Waals surface area contributed by atoms with E-state index < -0.39 is 4.92 Å². The fourth-order valence-corrected chi connectivity index (χ4v) is 1.78. The van der Waals surface area contributed by atoms with E-state index in [-0.39, 0.29) is 11.4 Å². The second-order valence-electron chi connectivity index (χ2n) is 3.12. The lowest BCUT2D eigenvalue weighted by Gasteiger charge is -2.06. The highest BCUT2D eigenvalue weighted by molar-refractivity contribution is 9.10. The molecular weight excluding hydrogens is 302 g/mol. The van der Waals surface area contributed by atoms with Gasteiger partial charge >= 0.3 is 0 Å².